The van der Waals surface area contributed by atoms with E-state index in [0.29, 0.717) is 37.2 Å². The van der Waals surface area contributed by atoms with Gasteiger partial charge in [-0.05, 0) is 23.6 Å². The smallest absolute Gasteiger partial charge is 0.329 e. The molecule has 0 aliphatic carbocycles. The molecule has 6 heteroatoms. The summed E-state index contributed by atoms with van der Waals surface area (Å²) in [6.45, 7) is 5.11. The second-order valence-corrected chi connectivity index (χ2v) is 5.32. The Labute approximate surface area is 120 Å². The molecule has 1 atom stereocenters. The minimum atomic E-state index is -4.53. The molecule has 0 saturated carbocycles. The van der Waals surface area contributed by atoms with Gasteiger partial charge in [0.1, 0.15) is 0 Å². The van der Waals surface area contributed by atoms with Gasteiger partial charge in [-0.1, -0.05) is 12.1 Å². The Morgan fingerprint density at radius 2 is 2.19 bits per heavy atom. The average molecular weight is 296 g/mol. The van der Waals surface area contributed by atoms with E-state index in [0.717, 1.165) is 6.07 Å². The van der Waals surface area contributed by atoms with Crippen molar-refractivity contribution in [2.45, 2.75) is 18.6 Å². The molecule has 112 valence electrons. The van der Waals surface area contributed by atoms with Crippen molar-refractivity contribution in [2.75, 3.05) is 19.6 Å². The number of nitrogens with one attached hydrogen (secondary N) is 1. The Morgan fingerprint density at radius 3 is 2.86 bits per heavy atom. The fourth-order valence-corrected chi connectivity index (χ4v) is 3.11. The number of alkyl halides is 3. The number of nitrogens with zero attached hydrogens (tertiary/aromatic N) is 1. The van der Waals surface area contributed by atoms with E-state index in [1.54, 1.807) is 12.1 Å². The third-order valence-corrected chi connectivity index (χ3v) is 3.99. The summed E-state index contributed by atoms with van der Waals surface area (Å²) in [7, 11) is 0. The Morgan fingerprint density at radius 1 is 1.43 bits per heavy atom. The summed E-state index contributed by atoms with van der Waals surface area (Å²) in [5, 5.41) is 3.13. The third kappa shape index (κ3) is 2.23. The number of hydrogen-bond acceptors (Lipinski definition) is 2. The number of piperazine rings is 1. The Hall–Kier alpha value is -1.82. The first-order valence-electron chi connectivity index (χ1n) is 6.80. The lowest BCUT2D eigenvalue weighted by atomic mass is 9.94. The molecule has 0 unspecified atom stereocenters. The molecular weight excluding hydrogens is 281 g/mol. The first-order valence-corrected chi connectivity index (χ1v) is 6.80. The lowest BCUT2D eigenvalue weighted by molar-refractivity contribution is -0.138. The topological polar surface area (TPSA) is 32.3 Å². The van der Waals surface area contributed by atoms with Crippen LogP contribution in [0.5, 0.6) is 0 Å². The number of carbonyl (C=O) groups excluding carboxylic acids is 1. The zero-order valence-corrected chi connectivity index (χ0v) is 11.3. The Balaban J connectivity index is 2.19. The van der Waals surface area contributed by atoms with Gasteiger partial charge in [-0.3, -0.25) is 4.79 Å². The normalized spacial score (nSPS) is 21.2. The maximum absolute atomic E-state index is 13.3. The van der Waals surface area contributed by atoms with Gasteiger partial charge >= 0.3 is 6.18 Å². The van der Waals surface area contributed by atoms with Crippen molar-refractivity contribution >= 4 is 5.91 Å². The van der Waals surface area contributed by atoms with Crippen LogP contribution in [0.25, 0.3) is 0 Å². The number of amides is 1. The summed E-state index contributed by atoms with van der Waals surface area (Å²) in [6, 6.07) is 2.48. The maximum atomic E-state index is 13.3. The second-order valence-electron chi connectivity index (χ2n) is 5.32. The average Bonchev–Trinajstić information content (AvgIpc) is 2.72. The van der Waals surface area contributed by atoms with Crippen LogP contribution in [0.15, 0.2) is 24.8 Å². The van der Waals surface area contributed by atoms with Gasteiger partial charge in [0.05, 0.1) is 17.2 Å². The lowest BCUT2D eigenvalue weighted by Crippen LogP contribution is -2.44. The van der Waals surface area contributed by atoms with Gasteiger partial charge in [0.2, 0.25) is 0 Å². The third-order valence-electron chi connectivity index (χ3n) is 3.99. The van der Waals surface area contributed by atoms with E-state index < -0.39 is 17.6 Å². The van der Waals surface area contributed by atoms with E-state index in [-0.39, 0.29) is 11.6 Å². The van der Waals surface area contributed by atoms with Gasteiger partial charge in [-0.15, -0.1) is 6.58 Å². The molecule has 2 heterocycles. The number of halogens is 3. The number of benzene rings is 1. The molecule has 1 N–H and O–H groups in total. The lowest BCUT2D eigenvalue weighted by Gasteiger charge is -2.30. The first-order chi connectivity index (χ1) is 9.93. The molecule has 0 radical (unpaired) electrons. The SMILES string of the molecule is C=CCc1cc2c(c(C(F)(F)F)c1)C(=O)N1CCNC[C@@H]21. The highest BCUT2D eigenvalue weighted by atomic mass is 19.4. The van der Waals surface area contributed by atoms with Gasteiger partial charge < -0.3 is 10.2 Å². The highest BCUT2D eigenvalue weighted by Gasteiger charge is 2.45. The van der Waals surface area contributed by atoms with Gasteiger partial charge in [0.15, 0.2) is 0 Å². The van der Waals surface area contributed by atoms with Crippen LogP contribution >= 0.6 is 0 Å². The predicted octanol–water partition coefficient (Wildman–Crippen LogP) is 2.53. The number of carbonyl (C=O) groups is 1. The zero-order chi connectivity index (χ0) is 15.2. The molecule has 21 heavy (non-hydrogen) atoms. The monoisotopic (exact) mass is 296 g/mol. The Bertz CT molecular complexity index is 610. The highest BCUT2D eigenvalue weighted by molar-refractivity contribution is 6.01. The molecular formula is C15H15F3N2O. The summed E-state index contributed by atoms with van der Waals surface area (Å²) >= 11 is 0. The molecule has 0 aromatic heterocycles. The van der Waals surface area contributed by atoms with Crippen LogP contribution in [0.1, 0.15) is 33.1 Å². The van der Waals surface area contributed by atoms with Gasteiger partial charge in [-0.2, -0.15) is 13.2 Å². The molecule has 3 nitrogen and oxygen atoms in total. The van der Waals surface area contributed by atoms with Crippen molar-refractivity contribution in [3.05, 3.63) is 47.0 Å². The van der Waals surface area contributed by atoms with Crippen LogP contribution in [0.3, 0.4) is 0 Å². The van der Waals surface area contributed by atoms with Crippen LogP contribution in [0.2, 0.25) is 0 Å². The van der Waals surface area contributed by atoms with Crippen molar-refractivity contribution in [3.8, 4) is 0 Å². The summed E-state index contributed by atoms with van der Waals surface area (Å²) < 4.78 is 39.9. The van der Waals surface area contributed by atoms with Gasteiger partial charge in [0, 0.05) is 19.6 Å². The molecule has 1 fully saturated rings. The molecule has 1 saturated heterocycles. The van der Waals surface area contributed by atoms with Gasteiger partial charge in [-0.25, -0.2) is 0 Å². The Kier molecular flexibility index (Phi) is 3.28. The molecule has 1 aromatic carbocycles. The van der Waals surface area contributed by atoms with Crippen molar-refractivity contribution in [1.82, 2.24) is 10.2 Å². The van der Waals surface area contributed by atoms with Crippen LogP contribution in [0.4, 0.5) is 13.2 Å². The molecule has 1 aromatic rings. The van der Waals surface area contributed by atoms with Gasteiger partial charge in [0.25, 0.3) is 5.91 Å². The van der Waals surface area contributed by atoms with E-state index in [1.165, 1.54) is 4.90 Å². The molecule has 0 spiro atoms. The predicted molar refractivity (Wildman–Crippen MR) is 72.0 cm³/mol. The second kappa shape index (κ2) is 4.87. The summed E-state index contributed by atoms with van der Waals surface area (Å²) in [5.41, 5.74) is 0.0236. The molecule has 1 amide bonds. The van der Waals surface area contributed by atoms with E-state index in [2.05, 4.69) is 11.9 Å². The van der Waals surface area contributed by atoms with E-state index in [9.17, 15) is 18.0 Å². The van der Waals surface area contributed by atoms with E-state index in [4.69, 9.17) is 0 Å². The van der Waals surface area contributed by atoms with Crippen molar-refractivity contribution in [3.63, 3.8) is 0 Å². The van der Waals surface area contributed by atoms with Crippen LogP contribution in [-0.4, -0.2) is 30.4 Å². The highest BCUT2D eigenvalue weighted by Crippen LogP contribution is 2.42. The number of rotatable bonds is 2. The first kappa shape index (κ1) is 14.1. The van der Waals surface area contributed by atoms with Crippen LogP contribution in [0, 0.1) is 0 Å². The fraction of sp³-hybridized carbons (Fsp3) is 0.400. The molecule has 2 aliphatic heterocycles. The minimum absolute atomic E-state index is 0.177. The maximum Gasteiger partial charge on any atom is 0.417 e. The van der Waals surface area contributed by atoms with Crippen LogP contribution < -0.4 is 5.32 Å². The standard InChI is InChI=1S/C15H15F3N2O/c1-2-3-9-6-10-12-8-19-4-5-20(12)14(21)13(10)11(7-9)15(16,17)18/h2,6-7,12,19H,1,3-5,8H2/t12-/m0/s1. The van der Waals surface area contributed by atoms with E-state index >= 15 is 0 Å². The van der Waals surface area contributed by atoms with Crippen LogP contribution in [-0.2, 0) is 12.6 Å². The largest absolute Gasteiger partial charge is 0.417 e. The van der Waals surface area contributed by atoms with Crippen molar-refractivity contribution < 1.29 is 18.0 Å². The molecule has 3 rings (SSSR count). The quantitative estimate of drug-likeness (QED) is 0.851. The molecule has 0 bridgehead atoms. The minimum Gasteiger partial charge on any atom is -0.329 e. The van der Waals surface area contributed by atoms with Crippen molar-refractivity contribution in [1.29, 1.82) is 0 Å². The van der Waals surface area contributed by atoms with E-state index in [1.807, 2.05) is 0 Å². The van der Waals surface area contributed by atoms with Crippen molar-refractivity contribution in [2.24, 2.45) is 0 Å². The fourth-order valence-electron chi connectivity index (χ4n) is 3.11. The number of hydrogen-bond donors (Lipinski definition) is 1. The summed E-state index contributed by atoms with van der Waals surface area (Å²) in [4.78, 5) is 13.9. The molecule has 2 aliphatic rings. The number of fused-ring (bicyclic) bond motifs is 3. The summed E-state index contributed by atoms with van der Waals surface area (Å²) in [6.07, 6.45) is -2.61. The zero-order valence-electron chi connectivity index (χ0n) is 11.3. The number of allylic oxidation sites excluding steroid dienone is 1. The summed E-state index contributed by atoms with van der Waals surface area (Å²) in [5.74, 6) is -0.506.